The van der Waals surface area contributed by atoms with Gasteiger partial charge in [0.05, 0.1) is 5.69 Å². The van der Waals surface area contributed by atoms with Crippen LogP contribution in [0.4, 0.5) is 16.5 Å². The third-order valence-corrected chi connectivity index (χ3v) is 6.86. The van der Waals surface area contributed by atoms with Crippen molar-refractivity contribution >= 4 is 56.5 Å². The number of rotatable bonds is 6. The van der Waals surface area contributed by atoms with Gasteiger partial charge in [0.1, 0.15) is 0 Å². The van der Waals surface area contributed by atoms with Gasteiger partial charge in [0.2, 0.25) is 5.91 Å². The summed E-state index contributed by atoms with van der Waals surface area (Å²) in [7, 11) is 4.13. The van der Waals surface area contributed by atoms with Crippen LogP contribution in [0.15, 0.2) is 70.9 Å². The molecule has 0 unspecified atom stereocenters. The quantitative estimate of drug-likeness (QED) is 0.290. The number of hydrogen-bond acceptors (Lipinski definition) is 6. The number of hydrogen-bond donors (Lipinski definition) is 2. The van der Waals surface area contributed by atoms with E-state index in [-0.39, 0.29) is 5.91 Å². The Labute approximate surface area is 203 Å². The number of anilines is 3. The first-order chi connectivity index (χ1) is 15.7. The molecule has 0 saturated carbocycles. The zero-order chi connectivity index (χ0) is 23.6. The van der Waals surface area contributed by atoms with Crippen LogP contribution in [0.1, 0.15) is 20.8 Å². The first-order valence-electron chi connectivity index (χ1n) is 10.7. The Morgan fingerprint density at radius 2 is 1.73 bits per heavy atom. The molecule has 4 rings (SSSR count). The predicted octanol–water partition coefficient (Wildman–Crippen LogP) is 7.13. The van der Waals surface area contributed by atoms with Crippen molar-refractivity contribution in [3.63, 3.8) is 0 Å². The molecule has 0 aliphatic carbocycles. The van der Waals surface area contributed by atoms with Crippen LogP contribution < -0.4 is 14.9 Å². The van der Waals surface area contributed by atoms with Crippen molar-refractivity contribution in [2.24, 2.45) is 5.41 Å². The van der Waals surface area contributed by atoms with Crippen LogP contribution in [-0.4, -0.2) is 25.0 Å². The van der Waals surface area contributed by atoms with E-state index in [1.165, 1.54) is 32.7 Å². The van der Waals surface area contributed by atoms with E-state index in [4.69, 9.17) is 0 Å². The Morgan fingerprint density at radius 1 is 1.00 bits per heavy atom. The minimum Gasteiger partial charge on any atom is -0.377 e. The minimum atomic E-state index is -0.457. The number of amides is 1. The molecule has 0 aliphatic heterocycles. The van der Waals surface area contributed by atoms with E-state index in [0.717, 1.165) is 16.9 Å². The summed E-state index contributed by atoms with van der Waals surface area (Å²) in [6.07, 6.45) is 0. The van der Waals surface area contributed by atoms with E-state index in [1.54, 1.807) is 11.9 Å². The maximum Gasteiger partial charge on any atom is 0.231 e. The summed E-state index contributed by atoms with van der Waals surface area (Å²) in [5.74, 6) is -0.0391. The molecule has 170 valence electrons. The van der Waals surface area contributed by atoms with Gasteiger partial charge in [0, 0.05) is 52.1 Å². The number of carbonyl (C=O) groups is 1. The van der Waals surface area contributed by atoms with E-state index in [2.05, 4.69) is 76.5 Å². The Hall–Kier alpha value is -3.03. The van der Waals surface area contributed by atoms with Gasteiger partial charge in [-0.15, -0.1) is 11.3 Å². The molecule has 1 heterocycles. The van der Waals surface area contributed by atoms with Crippen LogP contribution in [0.25, 0.3) is 22.0 Å². The molecule has 0 atom stereocenters. The monoisotopic (exact) mass is 476 g/mol. The molecule has 4 aromatic rings. The molecule has 0 radical (unpaired) electrons. The van der Waals surface area contributed by atoms with E-state index in [0.29, 0.717) is 5.13 Å². The second kappa shape index (κ2) is 9.45. The summed E-state index contributed by atoms with van der Waals surface area (Å²) in [5.41, 5.74) is 3.59. The highest BCUT2D eigenvalue weighted by atomic mass is 32.2. The number of aromatic nitrogens is 1. The van der Waals surface area contributed by atoms with Gasteiger partial charge in [0.15, 0.2) is 5.13 Å². The number of nitrogens with one attached hydrogen (secondary N) is 2. The molecule has 1 amide bonds. The number of benzene rings is 3. The van der Waals surface area contributed by atoms with E-state index in [1.807, 2.05) is 44.4 Å². The van der Waals surface area contributed by atoms with E-state index >= 15 is 0 Å². The van der Waals surface area contributed by atoms with Gasteiger partial charge in [-0.25, -0.2) is 4.98 Å². The van der Waals surface area contributed by atoms with Crippen LogP contribution >= 0.6 is 23.3 Å². The first kappa shape index (κ1) is 23.1. The smallest absolute Gasteiger partial charge is 0.231 e. The molecule has 3 aromatic carbocycles. The lowest BCUT2D eigenvalue weighted by molar-refractivity contribution is -0.123. The molecule has 1 aromatic heterocycles. The van der Waals surface area contributed by atoms with Gasteiger partial charge in [-0.3, -0.25) is 4.79 Å². The Morgan fingerprint density at radius 3 is 2.48 bits per heavy atom. The highest BCUT2D eigenvalue weighted by Gasteiger charge is 2.22. The van der Waals surface area contributed by atoms with Crippen LogP contribution in [0.3, 0.4) is 0 Å². The Balaban J connectivity index is 1.51. The molecule has 0 spiro atoms. The number of thiazole rings is 1. The second-order valence-electron chi connectivity index (χ2n) is 9.05. The molecule has 7 heteroatoms. The van der Waals surface area contributed by atoms with Crippen molar-refractivity contribution in [1.29, 1.82) is 0 Å². The molecule has 2 N–H and O–H groups in total. The predicted molar refractivity (Wildman–Crippen MR) is 143 cm³/mol. The summed E-state index contributed by atoms with van der Waals surface area (Å²) in [4.78, 5) is 20.2. The zero-order valence-electron chi connectivity index (χ0n) is 19.5. The number of fused-ring (bicyclic) bond motifs is 1. The molecule has 0 bridgehead atoms. The van der Waals surface area contributed by atoms with Gasteiger partial charge in [-0.2, -0.15) is 0 Å². The summed E-state index contributed by atoms with van der Waals surface area (Å²) in [5, 5.41) is 7.94. The van der Waals surface area contributed by atoms with Crippen LogP contribution in [0.2, 0.25) is 0 Å². The molecule has 0 aliphatic rings. The SMILES string of the molecule is CN(C)c1cccc2c(SNc3cccc(-c4csc(NC(=O)C(C)(C)C)n4)c3)cccc12. The molecule has 0 fully saturated rings. The van der Waals surface area contributed by atoms with Crippen molar-refractivity contribution in [1.82, 2.24) is 4.98 Å². The third-order valence-electron chi connectivity index (χ3n) is 5.18. The fourth-order valence-electron chi connectivity index (χ4n) is 3.35. The van der Waals surface area contributed by atoms with E-state index < -0.39 is 5.41 Å². The van der Waals surface area contributed by atoms with Crippen molar-refractivity contribution in [2.75, 3.05) is 29.0 Å². The van der Waals surface area contributed by atoms with Gasteiger partial charge >= 0.3 is 0 Å². The summed E-state index contributed by atoms with van der Waals surface area (Å²) in [6, 6.07) is 20.9. The van der Waals surface area contributed by atoms with Gasteiger partial charge in [-0.05, 0) is 41.6 Å². The Kier molecular flexibility index (Phi) is 6.63. The van der Waals surface area contributed by atoms with Crippen LogP contribution in [0.5, 0.6) is 0 Å². The van der Waals surface area contributed by atoms with E-state index in [9.17, 15) is 4.79 Å². The zero-order valence-corrected chi connectivity index (χ0v) is 21.1. The topological polar surface area (TPSA) is 57.3 Å². The van der Waals surface area contributed by atoms with Crippen LogP contribution in [-0.2, 0) is 4.79 Å². The average Bonchev–Trinajstić information content (AvgIpc) is 3.25. The summed E-state index contributed by atoms with van der Waals surface area (Å²) < 4.78 is 3.48. The summed E-state index contributed by atoms with van der Waals surface area (Å²) in [6.45, 7) is 5.67. The molecule has 5 nitrogen and oxygen atoms in total. The van der Waals surface area contributed by atoms with Gasteiger partial charge in [0.25, 0.3) is 0 Å². The average molecular weight is 477 g/mol. The Bertz CT molecular complexity index is 1290. The molecular weight excluding hydrogens is 448 g/mol. The molecular formula is C26H28N4OS2. The van der Waals surface area contributed by atoms with Crippen molar-refractivity contribution < 1.29 is 4.79 Å². The minimum absolute atomic E-state index is 0.0391. The van der Waals surface area contributed by atoms with Gasteiger partial charge in [-0.1, -0.05) is 57.2 Å². The lowest BCUT2D eigenvalue weighted by atomic mass is 9.96. The number of nitrogens with zero attached hydrogens (tertiary/aromatic N) is 2. The summed E-state index contributed by atoms with van der Waals surface area (Å²) >= 11 is 3.04. The van der Waals surface area contributed by atoms with Crippen molar-refractivity contribution in [2.45, 2.75) is 25.7 Å². The third kappa shape index (κ3) is 5.31. The van der Waals surface area contributed by atoms with Crippen molar-refractivity contribution in [3.8, 4) is 11.3 Å². The standard InChI is InChI=1S/C26H28N4OS2/c1-26(2,3)24(31)28-25-27-21(16-32-25)17-9-6-10-18(15-17)29-33-23-14-8-11-19-20(23)12-7-13-22(19)30(4)5/h6-16,29H,1-5H3,(H,27,28,31). The maximum absolute atomic E-state index is 12.2. The maximum atomic E-state index is 12.2. The largest absolute Gasteiger partial charge is 0.377 e. The van der Waals surface area contributed by atoms with Crippen LogP contribution in [0, 0.1) is 5.41 Å². The highest BCUT2D eigenvalue weighted by molar-refractivity contribution is 8.00. The lowest BCUT2D eigenvalue weighted by Crippen LogP contribution is -2.27. The molecule has 33 heavy (non-hydrogen) atoms. The first-order valence-corrected chi connectivity index (χ1v) is 12.4. The fourth-order valence-corrected chi connectivity index (χ4v) is 4.85. The normalized spacial score (nSPS) is 11.4. The second-order valence-corrected chi connectivity index (χ2v) is 10.8. The molecule has 0 saturated heterocycles. The van der Waals surface area contributed by atoms with Crippen molar-refractivity contribution in [3.05, 3.63) is 66.0 Å². The highest BCUT2D eigenvalue weighted by Crippen LogP contribution is 2.34. The number of carbonyl (C=O) groups excluding carboxylic acids is 1. The fraction of sp³-hybridized carbons (Fsp3) is 0.231. The van der Waals surface area contributed by atoms with Gasteiger partial charge < -0.3 is 14.9 Å². The lowest BCUT2D eigenvalue weighted by Gasteiger charge is -2.17.